The first-order chi connectivity index (χ1) is 11.0. The van der Waals surface area contributed by atoms with E-state index in [2.05, 4.69) is 11.6 Å². The molecule has 3 rings (SSSR count). The molecule has 0 aliphatic carbocycles. The molecule has 5 atom stereocenters. The minimum atomic E-state index is -0.623. The van der Waals surface area contributed by atoms with Crippen LogP contribution in [0.3, 0.4) is 0 Å². The molecular formula is C16H22N2O5. The quantitative estimate of drug-likeness (QED) is 0.814. The third-order valence-electron chi connectivity index (χ3n) is 4.87. The summed E-state index contributed by atoms with van der Waals surface area (Å²) in [7, 11) is 1.62. The highest BCUT2D eigenvalue weighted by molar-refractivity contribution is 5.14. The standard InChI is InChI=1S/C16H22N2O5/c1-5-7-10-16(6-2)12(21-4)11(22-10)14(23-16)18-8-9(3)13(19)17-15(18)20/h5,8,10-12,14H,1,6-7H2,2-4H3,(H,17,19,20)/t10-,11+,12-,14+,16-/m0/s1. The van der Waals surface area contributed by atoms with Gasteiger partial charge < -0.3 is 14.2 Å². The van der Waals surface area contributed by atoms with Crippen LogP contribution in [0.5, 0.6) is 0 Å². The van der Waals surface area contributed by atoms with E-state index < -0.39 is 29.2 Å². The Morgan fingerprint density at radius 2 is 2.26 bits per heavy atom. The predicted molar refractivity (Wildman–Crippen MR) is 83.5 cm³/mol. The molecule has 1 N–H and O–H groups in total. The average Bonchev–Trinajstić information content (AvgIpc) is 3.00. The summed E-state index contributed by atoms with van der Waals surface area (Å²) in [5.74, 6) is 0. The monoisotopic (exact) mass is 322 g/mol. The highest BCUT2D eigenvalue weighted by atomic mass is 16.7. The van der Waals surface area contributed by atoms with Crippen LogP contribution in [0.4, 0.5) is 0 Å². The normalized spacial score (nSPS) is 35.6. The molecule has 23 heavy (non-hydrogen) atoms. The fraction of sp³-hybridized carbons (Fsp3) is 0.625. The molecule has 2 aliphatic rings. The van der Waals surface area contributed by atoms with Crippen LogP contribution in [0.2, 0.25) is 0 Å². The van der Waals surface area contributed by atoms with Crippen LogP contribution in [-0.4, -0.2) is 40.6 Å². The molecule has 0 spiro atoms. The second-order valence-corrected chi connectivity index (χ2v) is 6.07. The molecule has 0 saturated carbocycles. The van der Waals surface area contributed by atoms with Crippen LogP contribution < -0.4 is 11.2 Å². The third-order valence-corrected chi connectivity index (χ3v) is 4.87. The van der Waals surface area contributed by atoms with Crippen LogP contribution in [-0.2, 0) is 14.2 Å². The number of methoxy groups -OCH3 is 1. The minimum Gasteiger partial charge on any atom is -0.375 e. The summed E-state index contributed by atoms with van der Waals surface area (Å²) in [4.78, 5) is 26.0. The number of hydrogen-bond acceptors (Lipinski definition) is 5. The van der Waals surface area contributed by atoms with Gasteiger partial charge >= 0.3 is 5.69 Å². The van der Waals surface area contributed by atoms with E-state index in [1.54, 1.807) is 20.1 Å². The first-order valence-corrected chi connectivity index (χ1v) is 7.77. The molecule has 0 aromatic carbocycles. The van der Waals surface area contributed by atoms with Crippen molar-refractivity contribution in [1.82, 2.24) is 9.55 Å². The number of nitrogens with zero attached hydrogens (tertiary/aromatic N) is 1. The molecule has 0 amide bonds. The Labute approximate surface area is 133 Å². The number of ether oxygens (including phenoxy) is 3. The molecule has 7 nitrogen and oxygen atoms in total. The first kappa shape index (κ1) is 16.2. The van der Waals surface area contributed by atoms with E-state index in [9.17, 15) is 9.59 Å². The Hall–Kier alpha value is -1.70. The van der Waals surface area contributed by atoms with E-state index in [1.165, 1.54) is 10.8 Å². The number of rotatable bonds is 5. The Kier molecular flexibility index (Phi) is 4.03. The van der Waals surface area contributed by atoms with Crippen LogP contribution in [0.15, 0.2) is 28.4 Å². The number of aromatic nitrogens is 2. The van der Waals surface area contributed by atoms with Crippen LogP contribution in [0.1, 0.15) is 31.6 Å². The van der Waals surface area contributed by atoms with Gasteiger partial charge in [0.15, 0.2) is 6.23 Å². The number of aryl methyl sites for hydroxylation is 1. The van der Waals surface area contributed by atoms with E-state index in [1.807, 2.05) is 6.92 Å². The summed E-state index contributed by atoms with van der Waals surface area (Å²) in [6, 6.07) is 0. The number of fused-ring (bicyclic) bond motifs is 2. The molecule has 2 bridgehead atoms. The highest BCUT2D eigenvalue weighted by Gasteiger charge is 2.66. The third kappa shape index (κ3) is 2.22. The summed E-state index contributed by atoms with van der Waals surface area (Å²) in [5, 5.41) is 0. The van der Waals surface area contributed by atoms with Crippen molar-refractivity contribution in [3.8, 4) is 0 Å². The van der Waals surface area contributed by atoms with Crippen molar-refractivity contribution in [3.05, 3.63) is 45.3 Å². The van der Waals surface area contributed by atoms with Gasteiger partial charge in [-0.15, -0.1) is 6.58 Å². The van der Waals surface area contributed by atoms with Crippen LogP contribution in [0.25, 0.3) is 0 Å². The second kappa shape index (κ2) is 5.74. The maximum Gasteiger partial charge on any atom is 0.330 e. The second-order valence-electron chi connectivity index (χ2n) is 6.07. The van der Waals surface area contributed by atoms with Gasteiger partial charge in [0.25, 0.3) is 5.56 Å². The number of hydrogen-bond donors (Lipinski definition) is 1. The molecular weight excluding hydrogens is 300 g/mol. The zero-order valence-corrected chi connectivity index (χ0v) is 13.6. The smallest absolute Gasteiger partial charge is 0.330 e. The van der Waals surface area contributed by atoms with E-state index in [4.69, 9.17) is 14.2 Å². The van der Waals surface area contributed by atoms with E-state index in [0.29, 0.717) is 18.4 Å². The zero-order valence-electron chi connectivity index (χ0n) is 13.6. The first-order valence-electron chi connectivity index (χ1n) is 7.77. The maximum absolute atomic E-state index is 12.2. The molecule has 2 saturated heterocycles. The summed E-state index contributed by atoms with van der Waals surface area (Å²) in [5.41, 5.74) is -1.09. The molecule has 0 unspecified atom stereocenters. The largest absolute Gasteiger partial charge is 0.375 e. The van der Waals surface area contributed by atoms with Crippen molar-refractivity contribution in [2.75, 3.05) is 7.11 Å². The zero-order chi connectivity index (χ0) is 16.8. The van der Waals surface area contributed by atoms with E-state index in [0.717, 1.165) is 0 Å². The SMILES string of the molecule is C=CC[C@@H]1O[C@H]2[C@H](n3cc(C)c(=O)[nH]c3=O)O[C@]1(CC)[C@H]2OC. The number of H-pyrrole nitrogens is 1. The molecule has 1 aromatic rings. The van der Waals surface area contributed by atoms with Crippen molar-refractivity contribution in [3.63, 3.8) is 0 Å². The van der Waals surface area contributed by atoms with Gasteiger partial charge in [0.05, 0.1) is 6.10 Å². The molecule has 3 heterocycles. The number of aromatic amines is 1. The van der Waals surface area contributed by atoms with Gasteiger partial charge in [0.1, 0.15) is 17.8 Å². The Morgan fingerprint density at radius 1 is 1.52 bits per heavy atom. The fourth-order valence-corrected chi connectivity index (χ4v) is 3.73. The fourth-order valence-electron chi connectivity index (χ4n) is 3.73. The molecule has 1 aromatic heterocycles. The summed E-state index contributed by atoms with van der Waals surface area (Å²) in [6.45, 7) is 7.42. The van der Waals surface area contributed by atoms with Crippen molar-refractivity contribution in [2.45, 2.75) is 56.8 Å². The number of nitrogens with one attached hydrogen (secondary N) is 1. The van der Waals surface area contributed by atoms with E-state index >= 15 is 0 Å². The van der Waals surface area contributed by atoms with Crippen molar-refractivity contribution in [1.29, 1.82) is 0 Å². The maximum atomic E-state index is 12.2. The molecule has 0 radical (unpaired) electrons. The van der Waals surface area contributed by atoms with Crippen molar-refractivity contribution >= 4 is 0 Å². The summed E-state index contributed by atoms with van der Waals surface area (Å²) in [6.07, 6.45) is 3.18. The summed E-state index contributed by atoms with van der Waals surface area (Å²) < 4.78 is 19.4. The lowest BCUT2D eigenvalue weighted by Crippen LogP contribution is -2.48. The van der Waals surface area contributed by atoms with Gasteiger partial charge in [0, 0.05) is 18.9 Å². The summed E-state index contributed by atoms with van der Waals surface area (Å²) >= 11 is 0. The predicted octanol–water partition coefficient (Wildman–Crippen LogP) is 0.881. The Bertz CT molecular complexity index is 724. The molecule has 2 fully saturated rings. The Morgan fingerprint density at radius 3 is 2.87 bits per heavy atom. The Balaban J connectivity index is 2.03. The van der Waals surface area contributed by atoms with Crippen LogP contribution in [0, 0.1) is 6.92 Å². The van der Waals surface area contributed by atoms with Gasteiger partial charge in [0.2, 0.25) is 0 Å². The van der Waals surface area contributed by atoms with Crippen molar-refractivity contribution in [2.24, 2.45) is 0 Å². The van der Waals surface area contributed by atoms with Gasteiger partial charge in [-0.2, -0.15) is 0 Å². The molecule has 7 heteroatoms. The molecule has 2 aliphatic heterocycles. The van der Waals surface area contributed by atoms with E-state index in [-0.39, 0.29) is 12.2 Å². The van der Waals surface area contributed by atoms with Gasteiger partial charge in [-0.25, -0.2) is 4.79 Å². The van der Waals surface area contributed by atoms with Crippen LogP contribution >= 0.6 is 0 Å². The van der Waals surface area contributed by atoms with Gasteiger partial charge in [-0.3, -0.25) is 14.3 Å². The van der Waals surface area contributed by atoms with Gasteiger partial charge in [-0.1, -0.05) is 13.0 Å². The lowest BCUT2D eigenvalue weighted by molar-refractivity contribution is -0.212. The topological polar surface area (TPSA) is 82.6 Å². The lowest BCUT2D eigenvalue weighted by atomic mass is 9.88. The van der Waals surface area contributed by atoms with Crippen molar-refractivity contribution < 1.29 is 14.2 Å². The minimum absolute atomic E-state index is 0.157. The lowest BCUT2D eigenvalue weighted by Gasteiger charge is -2.37. The highest BCUT2D eigenvalue weighted by Crippen LogP contribution is 2.52. The average molecular weight is 322 g/mol. The van der Waals surface area contributed by atoms with Gasteiger partial charge in [-0.05, 0) is 19.8 Å². The molecule has 126 valence electrons.